The van der Waals surface area contributed by atoms with Crippen molar-refractivity contribution in [2.24, 2.45) is 9.98 Å². The van der Waals surface area contributed by atoms with Crippen LogP contribution in [0.15, 0.2) is 131 Å². The molecule has 7 rings (SSSR count). The van der Waals surface area contributed by atoms with Crippen LogP contribution in [0.25, 0.3) is 22.3 Å². The summed E-state index contributed by atoms with van der Waals surface area (Å²) < 4.78 is 0. The van der Waals surface area contributed by atoms with E-state index in [0.717, 1.165) is 33.9 Å². The number of rotatable bonds is 6. The minimum absolute atomic E-state index is 0.116. The van der Waals surface area contributed by atoms with Gasteiger partial charge in [-0.25, -0.2) is 9.98 Å². The fourth-order valence-electron chi connectivity index (χ4n) is 7.14. The minimum atomic E-state index is -1.34. The molecule has 242 valence electrons. The Balaban J connectivity index is 1.24. The smallest absolute Gasteiger partial charge is 0.169 e. The number of aliphatic imine (C=N–C) groups is 2. The lowest BCUT2D eigenvalue weighted by atomic mass is 9.63. The Morgan fingerprint density at radius 2 is 1.02 bits per heavy atom. The molecule has 1 heterocycles. The molecule has 0 aromatic heterocycles. The second kappa shape index (κ2) is 12.2. The van der Waals surface area contributed by atoms with Gasteiger partial charge in [0.15, 0.2) is 6.17 Å². The highest BCUT2D eigenvalue weighted by atomic mass is 28.3. The number of nitrogens with zero attached hydrogens (tertiary/aromatic N) is 2. The van der Waals surface area contributed by atoms with E-state index in [4.69, 9.17) is 9.98 Å². The Morgan fingerprint density at radius 1 is 0.521 bits per heavy atom. The second-order valence-corrected chi connectivity index (χ2v) is 21.0. The quantitative estimate of drug-likeness (QED) is 0.183. The van der Waals surface area contributed by atoms with E-state index in [2.05, 4.69) is 168 Å². The summed E-state index contributed by atoms with van der Waals surface area (Å²) in [5, 5.41) is 5.16. The zero-order valence-electron chi connectivity index (χ0n) is 29.4. The summed E-state index contributed by atoms with van der Waals surface area (Å²) in [5.41, 5.74) is 11.2. The second-order valence-electron chi connectivity index (χ2n) is 15.9. The van der Waals surface area contributed by atoms with Gasteiger partial charge < -0.3 is 5.32 Å². The predicted octanol–water partition coefficient (Wildman–Crippen LogP) is 10.4. The molecule has 0 spiro atoms. The van der Waals surface area contributed by atoms with Crippen molar-refractivity contribution in [3.63, 3.8) is 0 Å². The zero-order chi connectivity index (χ0) is 33.7. The molecule has 0 saturated heterocycles. The average molecular weight is 646 g/mol. The molecule has 1 aliphatic heterocycles. The lowest BCUT2D eigenvalue weighted by molar-refractivity contribution is 0.332. The Morgan fingerprint density at radius 3 is 1.62 bits per heavy atom. The fraction of sp³-hybridized carbons (Fsp3) is 0.273. The molecule has 0 fully saturated rings. The Bertz CT molecular complexity index is 2030. The number of hydrogen-bond acceptors (Lipinski definition) is 3. The zero-order valence-corrected chi connectivity index (χ0v) is 30.4. The van der Waals surface area contributed by atoms with Crippen molar-refractivity contribution < 1.29 is 0 Å². The highest BCUT2D eigenvalue weighted by Gasteiger charge is 2.37. The van der Waals surface area contributed by atoms with Crippen molar-refractivity contribution in [3.05, 3.63) is 149 Å². The summed E-state index contributed by atoms with van der Waals surface area (Å²) in [7, 11) is -1.34. The van der Waals surface area contributed by atoms with E-state index in [0.29, 0.717) is 0 Å². The van der Waals surface area contributed by atoms with Crippen molar-refractivity contribution in [1.29, 1.82) is 0 Å². The van der Waals surface area contributed by atoms with E-state index in [9.17, 15) is 0 Å². The van der Waals surface area contributed by atoms with Crippen LogP contribution >= 0.6 is 0 Å². The Labute approximate surface area is 287 Å². The van der Waals surface area contributed by atoms with E-state index < -0.39 is 8.07 Å². The van der Waals surface area contributed by atoms with Crippen LogP contribution in [0, 0.1) is 0 Å². The number of nitrogens with one attached hydrogen (secondary N) is 1. The van der Waals surface area contributed by atoms with Gasteiger partial charge in [-0.2, -0.15) is 0 Å². The Hall–Kier alpha value is -4.54. The third-order valence-corrected chi connectivity index (χ3v) is 12.4. The molecule has 3 nitrogen and oxygen atoms in total. The first-order valence-electron chi connectivity index (χ1n) is 17.3. The number of benzene rings is 5. The maximum absolute atomic E-state index is 5.20. The maximum Gasteiger partial charge on any atom is 0.169 e. The van der Waals surface area contributed by atoms with Gasteiger partial charge in [-0.1, -0.05) is 156 Å². The van der Waals surface area contributed by atoms with E-state index >= 15 is 0 Å². The van der Waals surface area contributed by atoms with Gasteiger partial charge in [0.1, 0.15) is 11.7 Å². The monoisotopic (exact) mass is 645 g/mol. The molecule has 0 amide bonds. The maximum atomic E-state index is 5.20. The fourth-order valence-corrected chi connectivity index (χ4v) is 8.31. The first kappa shape index (κ1) is 32.0. The van der Waals surface area contributed by atoms with Gasteiger partial charge in [-0.05, 0) is 80.8 Å². The molecule has 5 aromatic rings. The van der Waals surface area contributed by atoms with Gasteiger partial charge in [0.25, 0.3) is 0 Å². The van der Waals surface area contributed by atoms with Crippen molar-refractivity contribution in [2.75, 3.05) is 0 Å². The minimum Gasteiger partial charge on any atom is -0.324 e. The summed E-state index contributed by atoms with van der Waals surface area (Å²) in [5.74, 6) is 1.70. The highest BCUT2D eigenvalue weighted by molar-refractivity contribution is 6.88. The van der Waals surface area contributed by atoms with Gasteiger partial charge >= 0.3 is 0 Å². The number of amidine groups is 2. The molecular formula is C44H47N3Si. The van der Waals surface area contributed by atoms with Gasteiger partial charge in [-0.3, -0.25) is 0 Å². The van der Waals surface area contributed by atoms with Crippen molar-refractivity contribution in [3.8, 4) is 22.3 Å². The lowest BCUT2D eigenvalue weighted by Crippen LogP contribution is -2.37. The summed E-state index contributed by atoms with van der Waals surface area (Å²) >= 11 is 0. The van der Waals surface area contributed by atoms with Crippen LogP contribution in [0.1, 0.15) is 74.5 Å². The summed E-state index contributed by atoms with van der Waals surface area (Å²) in [6.07, 6.45) is 2.04. The van der Waals surface area contributed by atoms with E-state index in [1.54, 1.807) is 0 Å². The van der Waals surface area contributed by atoms with Gasteiger partial charge in [0, 0.05) is 11.1 Å². The van der Waals surface area contributed by atoms with Crippen LogP contribution in [0.5, 0.6) is 0 Å². The molecule has 0 radical (unpaired) electrons. The summed E-state index contributed by atoms with van der Waals surface area (Å²) in [6, 6.07) is 44.2. The largest absolute Gasteiger partial charge is 0.324 e. The SMILES string of the molecule is CC1(C)CCC(C)(C)c2cc(C3=NC(c4ccccc4)N=C(c4cccc(-c5cccc(-c6ccc([Si](C)(C)C)cc6)c5)c4)N3)ccc21. The molecule has 2 aliphatic rings. The van der Waals surface area contributed by atoms with Crippen molar-refractivity contribution in [1.82, 2.24) is 5.32 Å². The molecule has 5 aromatic carbocycles. The molecule has 48 heavy (non-hydrogen) atoms. The van der Waals surface area contributed by atoms with Gasteiger partial charge in [-0.15, -0.1) is 0 Å². The predicted molar refractivity (Wildman–Crippen MR) is 207 cm³/mol. The van der Waals surface area contributed by atoms with Crippen LogP contribution in [0.2, 0.25) is 19.6 Å². The van der Waals surface area contributed by atoms with Gasteiger partial charge in [0.05, 0.1) is 8.07 Å². The highest BCUT2D eigenvalue weighted by Crippen LogP contribution is 2.46. The molecule has 1 atom stereocenters. The van der Waals surface area contributed by atoms with Crippen LogP contribution < -0.4 is 10.5 Å². The van der Waals surface area contributed by atoms with Crippen LogP contribution in [-0.4, -0.2) is 19.7 Å². The van der Waals surface area contributed by atoms with Crippen molar-refractivity contribution >= 4 is 24.9 Å². The first-order valence-corrected chi connectivity index (χ1v) is 20.8. The number of fused-ring (bicyclic) bond motifs is 1. The normalized spacial score (nSPS) is 18.3. The van der Waals surface area contributed by atoms with Crippen LogP contribution in [0.3, 0.4) is 0 Å². The molecule has 1 aliphatic carbocycles. The molecule has 1 N–H and O–H groups in total. The molecule has 0 saturated carbocycles. The van der Waals surface area contributed by atoms with Gasteiger partial charge in [0.2, 0.25) is 0 Å². The van der Waals surface area contributed by atoms with E-state index in [1.807, 2.05) is 6.07 Å². The first-order chi connectivity index (χ1) is 22.9. The number of hydrogen-bond donors (Lipinski definition) is 1. The average Bonchev–Trinajstić information content (AvgIpc) is 3.10. The summed E-state index contributed by atoms with van der Waals surface area (Å²) in [6.45, 7) is 16.7. The van der Waals surface area contributed by atoms with Crippen molar-refractivity contribution in [2.45, 2.75) is 77.2 Å². The summed E-state index contributed by atoms with van der Waals surface area (Å²) in [4.78, 5) is 10.4. The standard InChI is InChI=1S/C44H47N3Si/c1-43(2)25-26-44(3,4)39-29-36(21-24-38(39)43)42-46-40(31-13-9-8-10-14-31)45-41(47-42)35-18-12-17-34(28-35)33-16-11-15-32(27-33)30-19-22-37(23-20-30)48(5,6)7/h8-24,27-29,40H,25-26H2,1-7H3,(H,45,46,47). The lowest BCUT2D eigenvalue weighted by Gasteiger charge is -2.42. The molecule has 0 bridgehead atoms. The van der Waals surface area contributed by atoms with E-state index in [1.165, 1.54) is 45.8 Å². The third-order valence-electron chi connectivity index (χ3n) is 10.4. The Kier molecular flexibility index (Phi) is 8.11. The molecule has 4 heteroatoms. The van der Waals surface area contributed by atoms with Crippen LogP contribution in [-0.2, 0) is 10.8 Å². The molecular weight excluding hydrogens is 599 g/mol. The topological polar surface area (TPSA) is 36.8 Å². The van der Waals surface area contributed by atoms with E-state index in [-0.39, 0.29) is 17.0 Å². The third kappa shape index (κ3) is 6.34. The molecule has 1 unspecified atom stereocenters. The van der Waals surface area contributed by atoms with Crippen LogP contribution in [0.4, 0.5) is 0 Å².